The number of carbonyl (C=O) groups excluding carboxylic acids is 2. The molecule has 0 aliphatic heterocycles. The van der Waals surface area contributed by atoms with Crippen LogP contribution in [-0.4, -0.2) is 44.3 Å². The molecule has 2 amide bonds. The van der Waals surface area contributed by atoms with Gasteiger partial charge in [-0.1, -0.05) is 66.6 Å². The Kier molecular flexibility index (Phi) is 9.63. The van der Waals surface area contributed by atoms with Crippen LogP contribution in [0.4, 0.5) is 10.1 Å². The zero-order chi connectivity index (χ0) is 27.9. The van der Waals surface area contributed by atoms with Crippen LogP contribution in [0, 0.1) is 19.7 Å². The Hall–Kier alpha value is -3.72. The van der Waals surface area contributed by atoms with Gasteiger partial charge in [0.25, 0.3) is 10.0 Å². The zero-order valence-corrected chi connectivity index (χ0v) is 23.0. The number of halogens is 1. The van der Waals surface area contributed by atoms with Crippen LogP contribution >= 0.6 is 0 Å². The molecule has 0 aromatic heterocycles. The lowest BCUT2D eigenvalue weighted by atomic mass is 10.1. The fraction of sp³-hybridized carbons (Fsp3) is 0.310. The van der Waals surface area contributed by atoms with Gasteiger partial charge in [0.2, 0.25) is 11.8 Å². The second-order valence-electron chi connectivity index (χ2n) is 9.25. The molecule has 0 fully saturated rings. The van der Waals surface area contributed by atoms with E-state index in [1.807, 2.05) is 45.0 Å². The molecule has 1 N–H and O–H groups in total. The summed E-state index contributed by atoms with van der Waals surface area (Å²) in [7, 11) is -4.32. The van der Waals surface area contributed by atoms with E-state index < -0.39 is 34.3 Å². The van der Waals surface area contributed by atoms with E-state index in [0.717, 1.165) is 33.5 Å². The van der Waals surface area contributed by atoms with E-state index in [-0.39, 0.29) is 23.0 Å². The molecule has 0 spiro atoms. The first-order chi connectivity index (χ1) is 18.0. The monoisotopic (exact) mass is 539 g/mol. The molecular weight excluding hydrogens is 505 g/mol. The maximum absolute atomic E-state index is 14.9. The number of nitrogens with one attached hydrogen (secondary N) is 1. The van der Waals surface area contributed by atoms with Crippen molar-refractivity contribution in [2.75, 3.05) is 17.4 Å². The standard InChI is InChI=1S/C29H34FN3O4S/c1-5-17-31-29(35)23(4)32(19-24-10-8-9-22(3)18-24)28(34)20-33(27-12-7-6-11-26(27)30)38(36,37)25-15-13-21(2)14-16-25/h6-16,18,23H,5,17,19-20H2,1-4H3,(H,31,35). The van der Waals surface area contributed by atoms with Gasteiger partial charge in [-0.3, -0.25) is 13.9 Å². The Morgan fingerprint density at radius 2 is 1.63 bits per heavy atom. The lowest BCUT2D eigenvalue weighted by Crippen LogP contribution is -2.51. The number of rotatable bonds is 11. The van der Waals surface area contributed by atoms with Crippen molar-refractivity contribution in [1.82, 2.24) is 10.2 Å². The number of nitrogens with zero attached hydrogens (tertiary/aromatic N) is 2. The first-order valence-corrected chi connectivity index (χ1v) is 13.9. The summed E-state index contributed by atoms with van der Waals surface area (Å²) in [5.41, 5.74) is 2.37. The number of anilines is 1. The van der Waals surface area contributed by atoms with Gasteiger partial charge in [0.05, 0.1) is 10.6 Å². The molecule has 202 valence electrons. The summed E-state index contributed by atoms with van der Waals surface area (Å²) in [5.74, 6) is -1.77. The van der Waals surface area contributed by atoms with Gasteiger partial charge in [-0.05, 0) is 57.0 Å². The van der Waals surface area contributed by atoms with Gasteiger partial charge in [-0.15, -0.1) is 0 Å². The number of carbonyl (C=O) groups is 2. The summed E-state index contributed by atoms with van der Waals surface area (Å²) in [4.78, 5) is 27.9. The molecule has 3 aromatic carbocycles. The summed E-state index contributed by atoms with van der Waals surface area (Å²) >= 11 is 0. The third-order valence-electron chi connectivity index (χ3n) is 6.16. The third kappa shape index (κ3) is 6.98. The molecule has 1 atom stereocenters. The van der Waals surface area contributed by atoms with Crippen LogP contribution < -0.4 is 9.62 Å². The normalized spacial score (nSPS) is 12.0. The molecule has 0 saturated carbocycles. The molecule has 0 bridgehead atoms. The zero-order valence-electron chi connectivity index (χ0n) is 22.1. The highest BCUT2D eigenvalue weighted by Gasteiger charge is 2.33. The summed E-state index contributed by atoms with van der Waals surface area (Å²) in [5, 5.41) is 2.80. The predicted molar refractivity (Wildman–Crippen MR) is 147 cm³/mol. The van der Waals surface area contributed by atoms with Crippen molar-refractivity contribution < 1.29 is 22.4 Å². The van der Waals surface area contributed by atoms with Gasteiger partial charge < -0.3 is 10.2 Å². The van der Waals surface area contributed by atoms with Crippen LogP contribution in [0.25, 0.3) is 0 Å². The number of para-hydroxylation sites is 1. The topological polar surface area (TPSA) is 86.8 Å². The van der Waals surface area contributed by atoms with Crippen LogP contribution in [0.1, 0.15) is 37.0 Å². The van der Waals surface area contributed by atoms with Crippen molar-refractivity contribution in [3.05, 3.63) is 95.3 Å². The summed E-state index contributed by atoms with van der Waals surface area (Å²) in [6.45, 7) is 7.09. The number of benzene rings is 3. The molecule has 1 unspecified atom stereocenters. The Morgan fingerprint density at radius 1 is 0.947 bits per heavy atom. The molecule has 7 nitrogen and oxygen atoms in total. The minimum Gasteiger partial charge on any atom is -0.354 e. The highest BCUT2D eigenvalue weighted by Crippen LogP contribution is 2.27. The Labute approximate surface area is 224 Å². The first kappa shape index (κ1) is 28.8. The minimum atomic E-state index is -4.32. The third-order valence-corrected chi connectivity index (χ3v) is 7.93. The number of hydrogen-bond acceptors (Lipinski definition) is 4. The number of hydrogen-bond donors (Lipinski definition) is 1. The first-order valence-electron chi connectivity index (χ1n) is 12.5. The van der Waals surface area contributed by atoms with E-state index in [0.29, 0.717) is 6.54 Å². The largest absolute Gasteiger partial charge is 0.354 e. The molecule has 0 radical (unpaired) electrons. The average molecular weight is 540 g/mol. The van der Waals surface area contributed by atoms with Gasteiger partial charge in [-0.2, -0.15) is 0 Å². The van der Waals surface area contributed by atoms with E-state index in [1.54, 1.807) is 19.1 Å². The van der Waals surface area contributed by atoms with Gasteiger partial charge >= 0.3 is 0 Å². The van der Waals surface area contributed by atoms with Crippen molar-refractivity contribution in [2.24, 2.45) is 0 Å². The van der Waals surface area contributed by atoms with E-state index in [9.17, 15) is 22.4 Å². The van der Waals surface area contributed by atoms with Crippen molar-refractivity contribution >= 4 is 27.5 Å². The number of amides is 2. The van der Waals surface area contributed by atoms with Gasteiger partial charge in [0.15, 0.2) is 0 Å². The quantitative estimate of drug-likeness (QED) is 0.387. The minimum absolute atomic E-state index is 0.0712. The van der Waals surface area contributed by atoms with Crippen LogP contribution in [0.5, 0.6) is 0 Å². The van der Waals surface area contributed by atoms with Gasteiger partial charge in [0, 0.05) is 13.1 Å². The van der Waals surface area contributed by atoms with Crippen LogP contribution in [0.3, 0.4) is 0 Å². The highest BCUT2D eigenvalue weighted by molar-refractivity contribution is 7.92. The van der Waals surface area contributed by atoms with E-state index in [2.05, 4.69) is 5.32 Å². The Bertz CT molecular complexity index is 1380. The average Bonchev–Trinajstić information content (AvgIpc) is 2.89. The second kappa shape index (κ2) is 12.7. The van der Waals surface area contributed by atoms with Crippen molar-refractivity contribution in [2.45, 2.75) is 51.6 Å². The van der Waals surface area contributed by atoms with Crippen LogP contribution in [0.2, 0.25) is 0 Å². The van der Waals surface area contributed by atoms with Crippen LogP contribution in [0.15, 0.2) is 77.7 Å². The van der Waals surface area contributed by atoms with E-state index in [4.69, 9.17) is 0 Å². The van der Waals surface area contributed by atoms with Crippen molar-refractivity contribution in [3.8, 4) is 0 Å². The fourth-order valence-electron chi connectivity index (χ4n) is 3.99. The molecule has 0 saturated heterocycles. The molecule has 0 heterocycles. The van der Waals surface area contributed by atoms with E-state index in [1.165, 1.54) is 35.2 Å². The molecule has 38 heavy (non-hydrogen) atoms. The molecule has 9 heteroatoms. The second-order valence-corrected chi connectivity index (χ2v) is 11.1. The smallest absolute Gasteiger partial charge is 0.264 e. The van der Waals surface area contributed by atoms with E-state index >= 15 is 0 Å². The maximum Gasteiger partial charge on any atom is 0.264 e. The fourth-order valence-corrected chi connectivity index (χ4v) is 5.41. The lowest BCUT2D eigenvalue weighted by Gasteiger charge is -2.32. The highest BCUT2D eigenvalue weighted by atomic mass is 32.2. The predicted octanol–water partition coefficient (Wildman–Crippen LogP) is 4.58. The Balaban J connectivity index is 2.03. The van der Waals surface area contributed by atoms with Gasteiger partial charge in [-0.25, -0.2) is 12.8 Å². The summed E-state index contributed by atoms with van der Waals surface area (Å²) < 4.78 is 43.1. The molecular formula is C29H34FN3O4S. The molecule has 3 aromatic rings. The SMILES string of the molecule is CCCNC(=O)C(C)N(Cc1cccc(C)c1)C(=O)CN(c1ccccc1F)S(=O)(=O)c1ccc(C)cc1. The maximum atomic E-state index is 14.9. The lowest BCUT2D eigenvalue weighted by molar-refractivity contribution is -0.139. The van der Waals surface area contributed by atoms with Gasteiger partial charge in [0.1, 0.15) is 18.4 Å². The van der Waals surface area contributed by atoms with Crippen molar-refractivity contribution in [3.63, 3.8) is 0 Å². The Morgan fingerprint density at radius 3 is 2.26 bits per heavy atom. The molecule has 0 aliphatic rings. The summed E-state index contributed by atoms with van der Waals surface area (Å²) in [6.07, 6.45) is 0.722. The number of sulfonamides is 1. The van der Waals surface area contributed by atoms with Crippen LogP contribution in [-0.2, 0) is 26.2 Å². The van der Waals surface area contributed by atoms with Crippen molar-refractivity contribution in [1.29, 1.82) is 0 Å². The molecule has 3 rings (SSSR count). The summed E-state index contributed by atoms with van der Waals surface area (Å²) in [6, 6.07) is 18.1. The molecule has 0 aliphatic carbocycles. The number of aryl methyl sites for hydroxylation is 2.